The minimum atomic E-state index is -0.134. The lowest BCUT2D eigenvalue weighted by atomic mass is 10.0. The van der Waals surface area contributed by atoms with Gasteiger partial charge in [-0.2, -0.15) is 0 Å². The van der Waals surface area contributed by atoms with Gasteiger partial charge in [0, 0.05) is 16.2 Å². The molecule has 3 heteroatoms. The van der Waals surface area contributed by atoms with E-state index in [0.717, 1.165) is 15.7 Å². The second kappa shape index (κ2) is 7.23. The average molecular weight is 344 g/mol. The van der Waals surface area contributed by atoms with E-state index >= 15 is 0 Å². The Morgan fingerprint density at radius 1 is 1.05 bits per heavy atom. The van der Waals surface area contributed by atoms with Crippen LogP contribution in [0.25, 0.3) is 6.08 Å². The van der Waals surface area contributed by atoms with Gasteiger partial charge in [0.05, 0.1) is 0 Å². The van der Waals surface area contributed by atoms with Crippen LogP contribution in [0.2, 0.25) is 0 Å². The van der Waals surface area contributed by atoms with Gasteiger partial charge >= 0.3 is 0 Å². The van der Waals surface area contributed by atoms with Crippen LogP contribution in [-0.2, 0) is 4.79 Å². The Labute approximate surface area is 134 Å². The smallest absolute Gasteiger partial charge is 0.248 e. The largest absolute Gasteiger partial charge is 0.323 e. The summed E-state index contributed by atoms with van der Waals surface area (Å²) in [6, 6.07) is 15.7. The maximum Gasteiger partial charge on any atom is 0.248 e. The summed E-state index contributed by atoms with van der Waals surface area (Å²) in [5.74, 6) is 0.383. The molecule has 0 aliphatic rings. The van der Waals surface area contributed by atoms with Crippen molar-refractivity contribution in [1.82, 2.24) is 0 Å². The lowest BCUT2D eigenvalue weighted by Gasteiger charge is -2.05. The van der Waals surface area contributed by atoms with E-state index in [1.54, 1.807) is 6.08 Å². The second-order valence-corrected chi connectivity index (χ2v) is 6.07. The summed E-state index contributed by atoms with van der Waals surface area (Å²) < 4.78 is 0.987. The minimum absolute atomic E-state index is 0.134. The SMILES string of the molecule is CC(C)c1ccc(C=CC(=O)Nc2ccc(Br)cc2)cc1. The lowest BCUT2D eigenvalue weighted by Crippen LogP contribution is -2.07. The standard InChI is InChI=1S/C18H18BrNO/c1-13(2)15-6-3-14(4-7-15)5-12-18(21)20-17-10-8-16(19)9-11-17/h3-13H,1-2H3,(H,20,21). The summed E-state index contributed by atoms with van der Waals surface area (Å²) in [5, 5.41) is 2.82. The van der Waals surface area contributed by atoms with Crippen molar-refractivity contribution in [3.8, 4) is 0 Å². The molecular formula is C18H18BrNO. The Morgan fingerprint density at radius 3 is 2.24 bits per heavy atom. The molecule has 0 radical (unpaired) electrons. The molecular weight excluding hydrogens is 326 g/mol. The van der Waals surface area contributed by atoms with Crippen LogP contribution >= 0.6 is 15.9 Å². The summed E-state index contributed by atoms with van der Waals surface area (Å²) in [5.41, 5.74) is 3.10. The van der Waals surface area contributed by atoms with Gasteiger partial charge < -0.3 is 5.32 Å². The number of hydrogen-bond donors (Lipinski definition) is 1. The molecule has 0 bridgehead atoms. The number of rotatable bonds is 4. The van der Waals surface area contributed by atoms with E-state index in [0.29, 0.717) is 5.92 Å². The molecule has 0 atom stereocenters. The van der Waals surface area contributed by atoms with Gasteiger partial charge in [-0.3, -0.25) is 4.79 Å². The summed E-state index contributed by atoms with van der Waals surface area (Å²) in [6.07, 6.45) is 3.37. The third-order valence-corrected chi connectivity index (χ3v) is 3.67. The van der Waals surface area contributed by atoms with Gasteiger partial charge in [0.1, 0.15) is 0 Å². The van der Waals surface area contributed by atoms with Crippen LogP contribution < -0.4 is 5.32 Å². The number of amides is 1. The van der Waals surface area contributed by atoms with Gasteiger partial charge in [0.2, 0.25) is 5.91 Å². The first kappa shape index (κ1) is 15.5. The van der Waals surface area contributed by atoms with Crippen molar-refractivity contribution >= 4 is 33.6 Å². The zero-order valence-electron chi connectivity index (χ0n) is 12.1. The van der Waals surface area contributed by atoms with E-state index in [2.05, 4.69) is 47.2 Å². The highest BCUT2D eigenvalue weighted by atomic mass is 79.9. The van der Waals surface area contributed by atoms with Crippen LogP contribution in [0, 0.1) is 0 Å². The number of carbonyl (C=O) groups excluding carboxylic acids is 1. The topological polar surface area (TPSA) is 29.1 Å². The molecule has 0 spiro atoms. The zero-order valence-corrected chi connectivity index (χ0v) is 13.7. The molecule has 0 fully saturated rings. The van der Waals surface area contributed by atoms with Crippen LogP contribution in [0.1, 0.15) is 30.9 Å². The summed E-state index contributed by atoms with van der Waals surface area (Å²) >= 11 is 3.36. The third-order valence-electron chi connectivity index (χ3n) is 3.14. The fraction of sp³-hybridized carbons (Fsp3) is 0.167. The molecule has 2 nitrogen and oxygen atoms in total. The monoisotopic (exact) mass is 343 g/mol. The van der Waals surface area contributed by atoms with Gasteiger partial charge in [0.15, 0.2) is 0 Å². The molecule has 1 N–H and O–H groups in total. The van der Waals surface area contributed by atoms with Crippen molar-refractivity contribution in [2.24, 2.45) is 0 Å². The third kappa shape index (κ3) is 4.87. The predicted molar refractivity (Wildman–Crippen MR) is 92.3 cm³/mol. The first-order chi connectivity index (χ1) is 10.0. The van der Waals surface area contributed by atoms with E-state index < -0.39 is 0 Å². The van der Waals surface area contributed by atoms with Crippen molar-refractivity contribution in [2.45, 2.75) is 19.8 Å². The van der Waals surface area contributed by atoms with Crippen LogP contribution in [-0.4, -0.2) is 5.91 Å². The van der Waals surface area contributed by atoms with Gasteiger partial charge in [-0.15, -0.1) is 0 Å². The zero-order chi connectivity index (χ0) is 15.2. The van der Waals surface area contributed by atoms with E-state index in [9.17, 15) is 4.79 Å². The molecule has 0 saturated heterocycles. The number of hydrogen-bond acceptors (Lipinski definition) is 1. The Morgan fingerprint density at radius 2 is 1.67 bits per heavy atom. The molecule has 2 aromatic rings. The number of halogens is 1. The van der Waals surface area contributed by atoms with Crippen molar-refractivity contribution in [3.63, 3.8) is 0 Å². The summed E-state index contributed by atoms with van der Waals surface area (Å²) in [7, 11) is 0. The molecule has 0 aliphatic heterocycles. The number of carbonyl (C=O) groups is 1. The van der Waals surface area contributed by atoms with E-state index in [1.807, 2.05) is 42.5 Å². The van der Waals surface area contributed by atoms with Crippen LogP contribution in [0.15, 0.2) is 59.1 Å². The molecule has 108 valence electrons. The first-order valence-corrected chi connectivity index (χ1v) is 7.68. The Balaban J connectivity index is 1.96. The quantitative estimate of drug-likeness (QED) is 0.757. The highest BCUT2D eigenvalue weighted by Gasteiger charge is 1.99. The fourth-order valence-electron chi connectivity index (χ4n) is 1.88. The number of nitrogens with one attached hydrogen (secondary N) is 1. The highest BCUT2D eigenvalue weighted by Crippen LogP contribution is 2.16. The van der Waals surface area contributed by atoms with Gasteiger partial charge in [-0.25, -0.2) is 0 Å². The molecule has 0 heterocycles. The maximum absolute atomic E-state index is 11.8. The van der Waals surface area contributed by atoms with E-state index in [1.165, 1.54) is 5.56 Å². The molecule has 2 aromatic carbocycles. The van der Waals surface area contributed by atoms with Crippen molar-refractivity contribution in [2.75, 3.05) is 5.32 Å². The molecule has 0 aliphatic carbocycles. The Bertz CT molecular complexity index is 627. The summed E-state index contributed by atoms with van der Waals surface area (Å²) in [6.45, 7) is 4.33. The summed E-state index contributed by atoms with van der Waals surface area (Å²) in [4.78, 5) is 11.8. The van der Waals surface area contributed by atoms with Gasteiger partial charge in [0.25, 0.3) is 0 Å². The maximum atomic E-state index is 11.8. The van der Waals surface area contributed by atoms with E-state index in [-0.39, 0.29) is 5.91 Å². The highest BCUT2D eigenvalue weighted by molar-refractivity contribution is 9.10. The Kier molecular flexibility index (Phi) is 5.34. The molecule has 0 unspecified atom stereocenters. The van der Waals surface area contributed by atoms with Crippen molar-refractivity contribution in [3.05, 3.63) is 70.2 Å². The van der Waals surface area contributed by atoms with Crippen LogP contribution in [0.4, 0.5) is 5.69 Å². The molecule has 0 aromatic heterocycles. The van der Waals surface area contributed by atoms with Crippen LogP contribution in [0.3, 0.4) is 0 Å². The van der Waals surface area contributed by atoms with E-state index in [4.69, 9.17) is 0 Å². The average Bonchev–Trinajstić information content (AvgIpc) is 2.48. The van der Waals surface area contributed by atoms with Gasteiger partial charge in [-0.1, -0.05) is 54.0 Å². The predicted octanol–water partition coefficient (Wildman–Crippen LogP) is 5.22. The normalized spacial score (nSPS) is 11.0. The molecule has 2 rings (SSSR count). The fourth-order valence-corrected chi connectivity index (χ4v) is 2.15. The Hall–Kier alpha value is -1.87. The lowest BCUT2D eigenvalue weighted by molar-refractivity contribution is -0.111. The van der Waals surface area contributed by atoms with Crippen LogP contribution in [0.5, 0.6) is 0 Å². The minimum Gasteiger partial charge on any atom is -0.323 e. The van der Waals surface area contributed by atoms with Crippen molar-refractivity contribution < 1.29 is 4.79 Å². The first-order valence-electron chi connectivity index (χ1n) is 6.89. The van der Waals surface area contributed by atoms with Gasteiger partial charge in [-0.05, 0) is 47.4 Å². The number of benzene rings is 2. The number of anilines is 1. The second-order valence-electron chi connectivity index (χ2n) is 5.15. The molecule has 1 amide bonds. The molecule has 0 saturated carbocycles. The molecule has 21 heavy (non-hydrogen) atoms. The van der Waals surface area contributed by atoms with Crippen molar-refractivity contribution in [1.29, 1.82) is 0 Å².